The molecule has 2 aromatic rings. The quantitative estimate of drug-likeness (QED) is 0.628. The van der Waals surface area contributed by atoms with Gasteiger partial charge in [-0.3, -0.25) is 0 Å². The fourth-order valence-corrected chi connectivity index (χ4v) is 2.33. The molecule has 0 fully saturated rings. The van der Waals surface area contributed by atoms with Gasteiger partial charge in [0.2, 0.25) is 5.90 Å². The minimum Gasteiger partial charge on any atom is -0.494 e. The average molecular weight is 328 g/mol. The van der Waals surface area contributed by atoms with Crippen LogP contribution < -0.4 is 4.74 Å². The number of benzene rings is 2. The predicted octanol–water partition coefficient (Wildman–Crippen LogP) is 4.08. The van der Waals surface area contributed by atoms with Crippen LogP contribution in [-0.4, -0.2) is 18.5 Å². The van der Waals surface area contributed by atoms with Gasteiger partial charge >= 0.3 is 5.97 Å². The topological polar surface area (TPSA) is 47.9 Å². The van der Waals surface area contributed by atoms with E-state index in [0.29, 0.717) is 17.2 Å². The van der Waals surface area contributed by atoms with E-state index in [1.807, 2.05) is 31.2 Å². The van der Waals surface area contributed by atoms with Crippen LogP contribution in [0, 0.1) is 0 Å². The number of esters is 1. The van der Waals surface area contributed by atoms with Gasteiger partial charge in [0.1, 0.15) is 5.75 Å². The van der Waals surface area contributed by atoms with Crippen LogP contribution in [0.15, 0.2) is 59.2 Å². The van der Waals surface area contributed by atoms with E-state index in [9.17, 15) is 4.79 Å². The highest BCUT2D eigenvalue weighted by molar-refractivity contribution is 6.31. The van der Waals surface area contributed by atoms with Gasteiger partial charge in [-0.15, -0.1) is 0 Å². The zero-order chi connectivity index (χ0) is 16.2. The Balaban J connectivity index is 1.85. The molecule has 0 saturated carbocycles. The van der Waals surface area contributed by atoms with Crippen molar-refractivity contribution in [3.8, 4) is 5.75 Å². The van der Waals surface area contributed by atoms with Crippen LogP contribution in [-0.2, 0) is 9.53 Å². The van der Waals surface area contributed by atoms with Crippen molar-refractivity contribution < 1.29 is 14.3 Å². The Morgan fingerprint density at radius 3 is 2.70 bits per heavy atom. The number of hydrogen-bond donors (Lipinski definition) is 0. The Labute approximate surface area is 139 Å². The summed E-state index contributed by atoms with van der Waals surface area (Å²) in [7, 11) is 0. The third kappa shape index (κ3) is 3.60. The molecular formula is C18H14ClNO3. The summed E-state index contributed by atoms with van der Waals surface area (Å²) in [4.78, 5) is 16.2. The van der Waals surface area contributed by atoms with E-state index in [-0.39, 0.29) is 11.6 Å². The molecule has 1 aliphatic rings. The fraction of sp³-hybridized carbons (Fsp3) is 0.111. The van der Waals surface area contributed by atoms with Gasteiger partial charge in [0, 0.05) is 10.6 Å². The first kappa shape index (κ1) is 15.3. The van der Waals surface area contributed by atoms with Crippen LogP contribution in [0.4, 0.5) is 0 Å². The van der Waals surface area contributed by atoms with E-state index >= 15 is 0 Å². The lowest BCUT2D eigenvalue weighted by atomic mass is 10.2. The second-order valence-corrected chi connectivity index (χ2v) is 5.28. The third-order valence-corrected chi connectivity index (χ3v) is 3.42. The molecule has 0 spiro atoms. The Bertz CT molecular complexity index is 794. The maximum absolute atomic E-state index is 12.0. The molecule has 23 heavy (non-hydrogen) atoms. The van der Waals surface area contributed by atoms with Crippen molar-refractivity contribution in [2.75, 3.05) is 6.61 Å². The highest BCUT2D eigenvalue weighted by Gasteiger charge is 2.24. The van der Waals surface area contributed by atoms with Crippen molar-refractivity contribution in [2.45, 2.75) is 6.92 Å². The van der Waals surface area contributed by atoms with Crippen molar-refractivity contribution in [1.29, 1.82) is 0 Å². The maximum atomic E-state index is 12.0. The van der Waals surface area contributed by atoms with Crippen LogP contribution >= 0.6 is 11.6 Å². The van der Waals surface area contributed by atoms with Crippen LogP contribution in [0.2, 0.25) is 5.02 Å². The smallest absolute Gasteiger partial charge is 0.363 e. The van der Waals surface area contributed by atoms with Crippen molar-refractivity contribution >= 4 is 29.5 Å². The minimum absolute atomic E-state index is 0.254. The molecule has 116 valence electrons. The molecule has 0 unspecified atom stereocenters. The van der Waals surface area contributed by atoms with Gasteiger partial charge in [-0.25, -0.2) is 9.79 Å². The Morgan fingerprint density at radius 2 is 2.00 bits per heavy atom. The number of cyclic esters (lactones) is 1. The molecule has 0 aromatic heterocycles. The lowest BCUT2D eigenvalue weighted by Gasteiger charge is -2.02. The highest BCUT2D eigenvalue weighted by atomic mass is 35.5. The molecule has 2 aromatic carbocycles. The van der Waals surface area contributed by atoms with E-state index in [1.54, 1.807) is 30.3 Å². The summed E-state index contributed by atoms with van der Waals surface area (Å²) in [5.41, 5.74) is 1.77. The Morgan fingerprint density at radius 1 is 1.22 bits per heavy atom. The number of aliphatic imine (C=N–C) groups is 1. The van der Waals surface area contributed by atoms with Crippen LogP contribution in [0.1, 0.15) is 18.1 Å². The Kier molecular flexibility index (Phi) is 4.44. The van der Waals surface area contributed by atoms with E-state index < -0.39 is 5.97 Å². The summed E-state index contributed by atoms with van der Waals surface area (Å²) in [5.74, 6) is 0.565. The van der Waals surface area contributed by atoms with Gasteiger partial charge in [0.25, 0.3) is 0 Å². The molecule has 3 rings (SSSR count). The summed E-state index contributed by atoms with van der Waals surface area (Å²) < 4.78 is 10.6. The van der Waals surface area contributed by atoms with Crippen molar-refractivity contribution in [3.63, 3.8) is 0 Å². The first-order valence-electron chi connectivity index (χ1n) is 7.17. The molecular weight excluding hydrogens is 314 g/mol. The monoisotopic (exact) mass is 327 g/mol. The molecule has 0 radical (unpaired) electrons. The first-order chi connectivity index (χ1) is 11.2. The number of carbonyl (C=O) groups excluding carboxylic acids is 1. The summed E-state index contributed by atoms with van der Waals surface area (Å²) in [6.07, 6.45) is 1.68. The summed E-state index contributed by atoms with van der Waals surface area (Å²) >= 11 is 5.94. The number of rotatable bonds is 4. The molecule has 0 aliphatic carbocycles. The fourth-order valence-electron chi connectivity index (χ4n) is 2.14. The zero-order valence-corrected chi connectivity index (χ0v) is 13.2. The van der Waals surface area contributed by atoms with Crippen LogP contribution in [0.5, 0.6) is 5.75 Å². The molecule has 0 saturated heterocycles. The van der Waals surface area contributed by atoms with Crippen molar-refractivity contribution in [3.05, 3.63) is 70.4 Å². The van der Waals surface area contributed by atoms with E-state index in [4.69, 9.17) is 21.1 Å². The van der Waals surface area contributed by atoms with Gasteiger partial charge in [-0.05, 0) is 48.9 Å². The SMILES string of the molecule is CCOc1ccc(C=C2N=C(c3cccc(Cl)c3)OC2=O)cc1. The number of carbonyl (C=O) groups is 1. The van der Waals surface area contributed by atoms with Gasteiger partial charge in [0.15, 0.2) is 5.70 Å². The standard InChI is InChI=1S/C18H14ClNO3/c1-2-22-15-8-6-12(7-9-15)10-16-18(21)23-17(20-16)13-4-3-5-14(19)11-13/h3-11H,2H2,1H3. The molecule has 4 nitrogen and oxygen atoms in total. The van der Waals surface area contributed by atoms with E-state index in [2.05, 4.69) is 4.99 Å². The van der Waals surface area contributed by atoms with Gasteiger partial charge in [0.05, 0.1) is 6.61 Å². The normalized spacial score (nSPS) is 15.5. The third-order valence-electron chi connectivity index (χ3n) is 3.19. The maximum Gasteiger partial charge on any atom is 0.363 e. The lowest BCUT2D eigenvalue weighted by Crippen LogP contribution is -2.05. The van der Waals surface area contributed by atoms with Crippen LogP contribution in [0.25, 0.3) is 6.08 Å². The second kappa shape index (κ2) is 6.67. The minimum atomic E-state index is -0.478. The average Bonchev–Trinajstić information content (AvgIpc) is 2.91. The molecule has 1 heterocycles. The van der Waals surface area contributed by atoms with Gasteiger partial charge in [-0.2, -0.15) is 0 Å². The van der Waals surface area contributed by atoms with Gasteiger partial charge < -0.3 is 9.47 Å². The molecule has 5 heteroatoms. The molecule has 0 bridgehead atoms. The Hall–Kier alpha value is -2.59. The number of halogens is 1. The first-order valence-corrected chi connectivity index (χ1v) is 7.55. The molecule has 0 amide bonds. The second-order valence-electron chi connectivity index (χ2n) is 4.85. The highest BCUT2D eigenvalue weighted by Crippen LogP contribution is 2.21. The van der Waals surface area contributed by atoms with E-state index in [1.165, 1.54) is 0 Å². The molecule has 0 atom stereocenters. The summed E-state index contributed by atoms with van der Waals surface area (Å²) in [6, 6.07) is 14.4. The number of hydrogen-bond acceptors (Lipinski definition) is 4. The van der Waals surface area contributed by atoms with Crippen LogP contribution in [0.3, 0.4) is 0 Å². The summed E-state index contributed by atoms with van der Waals surface area (Å²) in [6.45, 7) is 2.54. The molecule has 0 N–H and O–H groups in total. The summed E-state index contributed by atoms with van der Waals surface area (Å²) in [5, 5.41) is 0.560. The van der Waals surface area contributed by atoms with E-state index in [0.717, 1.165) is 11.3 Å². The number of nitrogens with zero attached hydrogens (tertiary/aromatic N) is 1. The lowest BCUT2D eigenvalue weighted by molar-refractivity contribution is -0.129. The number of ether oxygens (including phenoxy) is 2. The largest absolute Gasteiger partial charge is 0.494 e. The van der Waals surface area contributed by atoms with Crippen molar-refractivity contribution in [2.24, 2.45) is 4.99 Å². The van der Waals surface area contributed by atoms with Gasteiger partial charge in [-0.1, -0.05) is 29.8 Å². The van der Waals surface area contributed by atoms with Crippen molar-refractivity contribution in [1.82, 2.24) is 0 Å². The molecule has 1 aliphatic heterocycles. The predicted molar refractivity (Wildman–Crippen MR) is 89.7 cm³/mol. The zero-order valence-electron chi connectivity index (χ0n) is 12.5.